The van der Waals surface area contributed by atoms with Crippen LogP contribution in [0.5, 0.6) is 5.75 Å². The molecule has 1 rings (SSSR count). The van der Waals surface area contributed by atoms with Gasteiger partial charge in [0.25, 0.3) is 0 Å². The number of alkyl halides is 2. The highest BCUT2D eigenvalue weighted by Crippen LogP contribution is 2.22. The van der Waals surface area contributed by atoms with Gasteiger partial charge in [0.15, 0.2) is 0 Å². The van der Waals surface area contributed by atoms with Gasteiger partial charge in [0.05, 0.1) is 13.0 Å². The summed E-state index contributed by atoms with van der Waals surface area (Å²) in [6.07, 6.45) is -2.04. The quantitative estimate of drug-likeness (QED) is 0.427. The molecule has 0 fully saturated rings. The number of halogens is 2. The second-order valence-corrected chi connectivity index (χ2v) is 5.89. The molecular weight excluding hydrogens is 353 g/mol. The third kappa shape index (κ3) is 6.26. The van der Waals surface area contributed by atoms with E-state index in [0.29, 0.717) is 17.0 Å². The van der Waals surface area contributed by atoms with Crippen LogP contribution in [0.2, 0.25) is 0 Å². The fourth-order valence-corrected chi connectivity index (χ4v) is 1.82. The van der Waals surface area contributed by atoms with Gasteiger partial charge in [0, 0.05) is 5.69 Å². The highest BCUT2D eigenvalue weighted by molar-refractivity contribution is 6.18. The molecule has 0 saturated carbocycles. The second-order valence-electron chi connectivity index (χ2n) is 5.62. The lowest BCUT2D eigenvalue weighted by Gasteiger charge is -2.25. The number of hydrogen-bond donors (Lipinski definition) is 1. The highest BCUT2D eigenvalue weighted by Gasteiger charge is 2.26. The lowest BCUT2D eigenvalue weighted by Crippen LogP contribution is -2.36. The Morgan fingerprint density at radius 2 is 1.96 bits per heavy atom. The van der Waals surface area contributed by atoms with Crippen LogP contribution in [0.25, 0.3) is 0 Å². The molecule has 1 aromatic rings. The van der Waals surface area contributed by atoms with Gasteiger partial charge in [-0.1, -0.05) is 6.58 Å². The van der Waals surface area contributed by atoms with E-state index in [-0.39, 0.29) is 5.88 Å². The summed E-state index contributed by atoms with van der Waals surface area (Å²) in [4.78, 5) is 23.4. The maximum atomic E-state index is 12.9. The van der Waals surface area contributed by atoms with E-state index < -0.39 is 30.4 Å². The van der Waals surface area contributed by atoms with Crippen LogP contribution >= 0.6 is 11.6 Å². The molecule has 2 unspecified atom stereocenters. The SMILES string of the molecule is C=C(C)C(OC(=O)Nc1ccc(OC(C)(CF)CCl)cc1)C(=O)OC. The summed E-state index contributed by atoms with van der Waals surface area (Å²) < 4.78 is 27.9. The largest absolute Gasteiger partial charge is 0.484 e. The molecule has 0 saturated heterocycles. The normalized spacial score (nSPS) is 14.0. The third-order valence-corrected chi connectivity index (χ3v) is 3.68. The summed E-state index contributed by atoms with van der Waals surface area (Å²) >= 11 is 5.69. The van der Waals surface area contributed by atoms with E-state index in [4.69, 9.17) is 21.1 Å². The molecule has 0 heterocycles. The van der Waals surface area contributed by atoms with Crippen molar-refractivity contribution < 1.29 is 28.2 Å². The lowest BCUT2D eigenvalue weighted by molar-refractivity contribution is -0.148. The van der Waals surface area contributed by atoms with E-state index in [0.717, 1.165) is 0 Å². The van der Waals surface area contributed by atoms with Gasteiger partial charge in [-0.05, 0) is 43.7 Å². The molecule has 0 aromatic heterocycles. The van der Waals surface area contributed by atoms with Gasteiger partial charge >= 0.3 is 12.1 Å². The fourth-order valence-electron chi connectivity index (χ4n) is 1.69. The van der Waals surface area contributed by atoms with Gasteiger partial charge in [0.1, 0.15) is 18.0 Å². The monoisotopic (exact) mass is 373 g/mol. The van der Waals surface area contributed by atoms with E-state index in [1.54, 1.807) is 26.0 Å². The van der Waals surface area contributed by atoms with E-state index >= 15 is 0 Å². The molecule has 8 heteroatoms. The summed E-state index contributed by atoms with van der Waals surface area (Å²) in [7, 11) is 1.18. The van der Waals surface area contributed by atoms with Crippen molar-refractivity contribution in [2.75, 3.05) is 25.0 Å². The standard InChI is InChI=1S/C17H21ClFNO5/c1-11(2)14(15(21)23-4)24-16(22)20-12-5-7-13(8-6-12)25-17(3,9-18)10-19/h5-8,14H,1,9-10H2,2-4H3,(H,20,22). The van der Waals surface area contributed by atoms with Crippen molar-refractivity contribution in [3.05, 3.63) is 36.4 Å². The zero-order valence-corrected chi connectivity index (χ0v) is 15.1. The van der Waals surface area contributed by atoms with Gasteiger partial charge in [0.2, 0.25) is 6.10 Å². The van der Waals surface area contributed by atoms with Crippen molar-refractivity contribution in [2.45, 2.75) is 25.6 Å². The van der Waals surface area contributed by atoms with Crippen LogP contribution in [-0.4, -0.2) is 43.4 Å². The number of nitrogens with one attached hydrogen (secondary N) is 1. The second kappa shape index (κ2) is 9.27. The molecule has 0 spiro atoms. The van der Waals surface area contributed by atoms with Crippen molar-refractivity contribution in [1.29, 1.82) is 0 Å². The Morgan fingerprint density at radius 1 is 1.36 bits per heavy atom. The number of methoxy groups -OCH3 is 1. The first-order valence-electron chi connectivity index (χ1n) is 7.36. The Bertz CT molecular complexity index is 616. The number of anilines is 1. The molecule has 1 amide bonds. The molecule has 1 N–H and O–H groups in total. The number of benzene rings is 1. The number of rotatable bonds is 8. The van der Waals surface area contributed by atoms with Gasteiger partial charge in [-0.25, -0.2) is 14.0 Å². The van der Waals surface area contributed by atoms with E-state index in [2.05, 4.69) is 16.6 Å². The molecule has 138 valence electrons. The molecule has 25 heavy (non-hydrogen) atoms. The topological polar surface area (TPSA) is 73.9 Å². The first-order valence-corrected chi connectivity index (χ1v) is 7.90. The molecule has 0 radical (unpaired) electrons. The maximum Gasteiger partial charge on any atom is 0.412 e. The van der Waals surface area contributed by atoms with Crippen molar-refractivity contribution in [3.63, 3.8) is 0 Å². The van der Waals surface area contributed by atoms with Gasteiger partial charge < -0.3 is 14.2 Å². The number of ether oxygens (including phenoxy) is 3. The summed E-state index contributed by atoms with van der Waals surface area (Å²) in [5.41, 5.74) is -0.391. The van der Waals surface area contributed by atoms with Gasteiger partial charge in [-0.2, -0.15) is 0 Å². The summed E-state index contributed by atoms with van der Waals surface area (Å²) in [5.74, 6) is -0.335. The Balaban J connectivity index is 2.70. The average molecular weight is 374 g/mol. The van der Waals surface area contributed by atoms with Crippen molar-refractivity contribution >= 4 is 29.4 Å². The number of hydrogen-bond acceptors (Lipinski definition) is 5. The number of amides is 1. The van der Waals surface area contributed by atoms with Gasteiger partial charge in [-0.3, -0.25) is 5.32 Å². The van der Waals surface area contributed by atoms with Crippen LogP contribution in [0.4, 0.5) is 14.9 Å². The minimum atomic E-state index is -1.19. The Kier molecular flexibility index (Phi) is 7.70. The van der Waals surface area contributed by atoms with E-state index in [1.807, 2.05) is 0 Å². The summed E-state index contributed by atoms with van der Waals surface area (Å²) in [6, 6.07) is 6.17. The molecular formula is C17H21ClFNO5. The van der Waals surface area contributed by atoms with Crippen LogP contribution in [-0.2, 0) is 14.3 Å². The van der Waals surface area contributed by atoms with Gasteiger partial charge in [-0.15, -0.1) is 11.6 Å². The van der Waals surface area contributed by atoms with Crippen LogP contribution in [0.15, 0.2) is 36.4 Å². The molecule has 1 aromatic carbocycles. The minimum Gasteiger partial charge on any atom is -0.484 e. The number of carbonyl (C=O) groups is 2. The first-order chi connectivity index (χ1) is 11.7. The van der Waals surface area contributed by atoms with Crippen LogP contribution in [0.1, 0.15) is 13.8 Å². The van der Waals surface area contributed by atoms with Crippen molar-refractivity contribution in [3.8, 4) is 5.75 Å². The molecule has 0 bridgehead atoms. The Labute approximate surface area is 150 Å². The van der Waals surface area contributed by atoms with Crippen molar-refractivity contribution in [2.24, 2.45) is 0 Å². The Hall–Kier alpha value is -2.28. The minimum absolute atomic E-state index is 0.00829. The summed E-state index contributed by atoms with van der Waals surface area (Å²) in [5, 5.41) is 2.46. The van der Waals surface area contributed by atoms with E-state index in [9.17, 15) is 14.0 Å². The zero-order valence-electron chi connectivity index (χ0n) is 14.3. The highest BCUT2D eigenvalue weighted by atomic mass is 35.5. The molecule has 0 aliphatic heterocycles. The Morgan fingerprint density at radius 3 is 2.40 bits per heavy atom. The molecule has 6 nitrogen and oxygen atoms in total. The smallest absolute Gasteiger partial charge is 0.412 e. The van der Waals surface area contributed by atoms with Crippen LogP contribution < -0.4 is 10.1 Å². The van der Waals surface area contributed by atoms with Crippen LogP contribution in [0.3, 0.4) is 0 Å². The predicted octanol–water partition coefficient (Wildman–Crippen LogP) is 3.70. The number of esters is 1. The third-order valence-electron chi connectivity index (χ3n) is 3.12. The molecule has 0 aliphatic carbocycles. The molecule has 0 aliphatic rings. The predicted molar refractivity (Wildman–Crippen MR) is 92.9 cm³/mol. The lowest BCUT2D eigenvalue weighted by atomic mass is 10.1. The van der Waals surface area contributed by atoms with Crippen molar-refractivity contribution in [1.82, 2.24) is 0 Å². The van der Waals surface area contributed by atoms with Crippen LogP contribution in [0, 0.1) is 0 Å². The maximum absolute atomic E-state index is 12.9. The number of carbonyl (C=O) groups excluding carboxylic acids is 2. The zero-order chi connectivity index (χ0) is 19.0. The average Bonchev–Trinajstić information content (AvgIpc) is 2.60. The summed E-state index contributed by atoms with van der Waals surface area (Å²) in [6.45, 7) is 5.94. The fraction of sp³-hybridized carbons (Fsp3) is 0.412. The first kappa shape index (κ1) is 20.8. The molecule has 2 atom stereocenters. The van der Waals surface area contributed by atoms with E-state index in [1.165, 1.54) is 19.2 Å².